The van der Waals surface area contributed by atoms with E-state index >= 15 is 0 Å². The molecule has 1 unspecified atom stereocenters. The Morgan fingerprint density at radius 1 is 1.67 bits per heavy atom. The van der Waals surface area contributed by atoms with Crippen LogP contribution in [-0.2, 0) is 4.79 Å². The van der Waals surface area contributed by atoms with Crippen molar-refractivity contribution in [3.8, 4) is 5.75 Å². The average Bonchev–Trinajstić information content (AvgIpc) is 2.19. The lowest BCUT2D eigenvalue weighted by Crippen LogP contribution is -2.32. The smallest absolute Gasteiger partial charge is 0.258 e. The van der Waals surface area contributed by atoms with E-state index in [-0.39, 0.29) is 5.02 Å². The van der Waals surface area contributed by atoms with Gasteiger partial charge in [0.15, 0.2) is 6.10 Å². The van der Waals surface area contributed by atoms with Gasteiger partial charge in [-0.3, -0.25) is 4.79 Å². The van der Waals surface area contributed by atoms with Crippen LogP contribution in [0.5, 0.6) is 5.75 Å². The molecule has 3 nitrogen and oxygen atoms in total. The van der Waals surface area contributed by atoms with Crippen molar-refractivity contribution in [2.75, 3.05) is 0 Å². The number of nitrogens with two attached hydrogens (primary N) is 1. The fraction of sp³-hybridized carbons (Fsp3) is 0.300. The van der Waals surface area contributed by atoms with Gasteiger partial charge >= 0.3 is 0 Å². The maximum Gasteiger partial charge on any atom is 0.258 e. The summed E-state index contributed by atoms with van der Waals surface area (Å²) in [6.45, 7) is 1.76. The lowest BCUT2D eigenvalue weighted by molar-refractivity contribution is -0.124. The highest BCUT2D eigenvalue weighted by molar-refractivity contribution is 6.30. The molecule has 0 fully saturated rings. The molecule has 1 aromatic carbocycles. The van der Waals surface area contributed by atoms with Crippen LogP contribution in [0.25, 0.3) is 0 Å². The zero-order valence-corrected chi connectivity index (χ0v) is 8.92. The molecule has 0 radical (unpaired) electrons. The standard InChI is InChI=1S/C10H11ClFNO2/c1-2-9(10(13)14)15-6-3-4-8(12)7(11)5-6/h3-5,9H,2H2,1H3,(H2,13,14). The second-order valence-corrected chi connectivity index (χ2v) is 3.40. The molecule has 0 aliphatic heterocycles. The van der Waals surface area contributed by atoms with Crippen LogP contribution in [0.2, 0.25) is 5.02 Å². The minimum absolute atomic E-state index is 0.0492. The van der Waals surface area contributed by atoms with Crippen LogP contribution in [0.15, 0.2) is 18.2 Å². The van der Waals surface area contributed by atoms with Gasteiger partial charge < -0.3 is 10.5 Å². The number of halogens is 2. The Morgan fingerprint density at radius 2 is 2.33 bits per heavy atom. The Bertz CT molecular complexity index is 370. The van der Waals surface area contributed by atoms with Crippen molar-refractivity contribution in [1.82, 2.24) is 0 Å². The number of carbonyl (C=O) groups excluding carboxylic acids is 1. The molecular formula is C10H11ClFNO2. The Kier molecular flexibility index (Phi) is 3.91. The number of rotatable bonds is 4. The van der Waals surface area contributed by atoms with Crippen molar-refractivity contribution in [1.29, 1.82) is 0 Å². The van der Waals surface area contributed by atoms with Gasteiger partial charge in [0.2, 0.25) is 0 Å². The van der Waals surface area contributed by atoms with Crippen LogP contribution in [-0.4, -0.2) is 12.0 Å². The van der Waals surface area contributed by atoms with Crippen molar-refractivity contribution >= 4 is 17.5 Å². The van der Waals surface area contributed by atoms with E-state index in [0.29, 0.717) is 12.2 Å². The number of hydrogen-bond donors (Lipinski definition) is 1. The quantitative estimate of drug-likeness (QED) is 0.863. The fourth-order valence-electron chi connectivity index (χ4n) is 1.06. The molecular weight excluding hydrogens is 221 g/mol. The third-order valence-corrected chi connectivity index (χ3v) is 2.15. The number of carbonyl (C=O) groups is 1. The molecule has 2 N–H and O–H groups in total. The Hall–Kier alpha value is -1.29. The summed E-state index contributed by atoms with van der Waals surface area (Å²) in [5, 5.41) is -0.0492. The fourth-order valence-corrected chi connectivity index (χ4v) is 1.23. The second-order valence-electron chi connectivity index (χ2n) is 2.99. The summed E-state index contributed by atoms with van der Waals surface area (Å²) in [4.78, 5) is 10.9. The zero-order chi connectivity index (χ0) is 11.4. The monoisotopic (exact) mass is 231 g/mol. The van der Waals surface area contributed by atoms with Gasteiger partial charge in [-0.2, -0.15) is 0 Å². The highest BCUT2D eigenvalue weighted by atomic mass is 35.5. The van der Waals surface area contributed by atoms with Crippen LogP contribution >= 0.6 is 11.6 Å². The molecule has 5 heteroatoms. The van der Waals surface area contributed by atoms with Gasteiger partial charge in [-0.05, 0) is 18.6 Å². The van der Waals surface area contributed by atoms with Gasteiger partial charge in [0.05, 0.1) is 5.02 Å². The minimum Gasteiger partial charge on any atom is -0.481 e. The summed E-state index contributed by atoms with van der Waals surface area (Å²) in [6.07, 6.45) is -0.267. The summed E-state index contributed by atoms with van der Waals surface area (Å²) in [5.41, 5.74) is 5.09. The molecule has 0 saturated heterocycles. The second kappa shape index (κ2) is 4.98. The first-order valence-electron chi connectivity index (χ1n) is 4.45. The van der Waals surface area contributed by atoms with Crippen molar-refractivity contribution in [2.45, 2.75) is 19.4 Å². The Balaban J connectivity index is 2.80. The SMILES string of the molecule is CCC(Oc1ccc(F)c(Cl)c1)C(N)=O. The van der Waals surface area contributed by atoms with Gasteiger partial charge in [0.1, 0.15) is 11.6 Å². The lowest BCUT2D eigenvalue weighted by atomic mass is 10.2. The Labute approximate surface area is 92.0 Å². The molecule has 0 heterocycles. The molecule has 0 aliphatic carbocycles. The van der Waals surface area contributed by atoms with Crippen molar-refractivity contribution in [2.24, 2.45) is 5.73 Å². The Morgan fingerprint density at radius 3 is 2.80 bits per heavy atom. The first-order chi connectivity index (χ1) is 7.04. The number of benzene rings is 1. The van der Waals surface area contributed by atoms with Crippen LogP contribution < -0.4 is 10.5 Å². The van der Waals surface area contributed by atoms with Crippen molar-refractivity contribution in [3.63, 3.8) is 0 Å². The summed E-state index contributed by atoms with van der Waals surface area (Å²) < 4.78 is 18.0. The first-order valence-corrected chi connectivity index (χ1v) is 4.83. The average molecular weight is 232 g/mol. The predicted molar refractivity (Wildman–Crippen MR) is 55.3 cm³/mol. The molecule has 15 heavy (non-hydrogen) atoms. The van der Waals surface area contributed by atoms with E-state index in [9.17, 15) is 9.18 Å². The van der Waals surface area contributed by atoms with Gasteiger partial charge in [0, 0.05) is 6.07 Å². The van der Waals surface area contributed by atoms with E-state index in [4.69, 9.17) is 22.1 Å². The maximum absolute atomic E-state index is 12.8. The number of primary amides is 1. The van der Waals surface area contributed by atoms with E-state index in [1.165, 1.54) is 18.2 Å². The molecule has 1 aromatic rings. The molecule has 0 aliphatic rings. The molecule has 0 spiro atoms. The first kappa shape index (κ1) is 11.8. The van der Waals surface area contributed by atoms with E-state index in [1.54, 1.807) is 6.92 Å². The van der Waals surface area contributed by atoms with Crippen LogP contribution in [0.3, 0.4) is 0 Å². The molecule has 0 bridgehead atoms. The predicted octanol–water partition coefficient (Wildman–Crippen LogP) is 2.12. The lowest BCUT2D eigenvalue weighted by Gasteiger charge is -2.14. The van der Waals surface area contributed by atoms with Gasteiger partial charge in [-0.25, -0.2) is 4.39 Å². The highest BCUT2D eigenvalue weighted by Gasteiger charge is 2.14. The molecule has 82 valence electrons. The van der Waals surface area contributed by atoms with Gasteiger partial charge in [0.25, 0.3) is 5.91 Å². The number of ether oxygens (including phenoxy) is 1. The molecule has 1 amide bonds. The molecule has 1 rings (SSSR count). The van der Waals surface area contributed by atoms with Crippen LogP contribution in [0.4, 0.5) is 4.39 Å². The summed E-state index contributed by atoms with van der Waals surface area (Å²) in [6, 6.07) is 3.88. The van der Waals surface area contributed by atoms with E-state index in [0.717, 1.165) is 0 Å². The highest BCUT2D eigenvalue weighted by Crippen LogP contribution is 2.22. The van der Waals surface area contributed by atoms with E-state index in [2.05, 4.69) is 0 Å². The third-order valence-electron chi connectivity index (χ3n) is 1.86. The summed E-state index contributed by atoms with van der Waals surface area (Å²) >= 11 is 5.55. The maximum atomic E-state index is 12.8. The van der Waals surface area contributed by atoms with Crippen molar-refractivity contribution < 1.29 is 13.9 Å². The molecule has 0 aromatic heterocycles. The normalized spacial score (nSPS) is 12.2. The van der Waals surface area contributed by atoms with E-state index in [1.807, 2.05) is 0 Å². The van der Waals surface area contributed by atoms with Gasteiger partial charge in [-0.1, -0.05) is 18.5 Å². The minimum atomic E-state index is -0.716. The van der Waals surface area contributed by atoms with Gasteiger partial charge in [-0.15, -0.1) is 0 Å². The number of amides is 1. The largest absolute Gasteiger partial charge is 0.481 e. The molecule has 1 atom stereocenters. The molecule has 0 saturated carbocycles. The van der Waals surface area contributed by atoms with Crippen molar-refractivity contribution in [3.05, 3.63) is 29.0 Å². The van der Waals surface area contributed by atoms with Crippen LogP contribution in [0.1, 0.15) is 13.3 Å². The zero-order valence-electron chi connectivity index (χ0n) is 8.17. The number of hydrogen-bond acceptors (Lipinski definition) is 2. The van der Waals surface area contributed by atoms with E-state index < -0.39 is 17.8 Å². The van der Waals surface area contributed by atoms with Crippen LogP contribution in [0, 0.1) is 5.82 Å². The third kappa shape index (κ3) is 3.09. The summed E-state index contributed by atoms with van der Waals surface area (Å²) in [5.74, 6) is -0.763. The topological polar surface area (TPSA) is 52.3 Å². The summed E-state index contributed by atoms with van der Waals surface area (Å²) in [7, 11) is 0.